The molecule has 0 unspecified atom stereocenters. The molecule has 9 heteroatoms. The summed E-state index contributed by atoms with van der Waals surface area (Å²) in [5, 5.41) is 24.0. The van der Waals surface area contributed by atoms with E-state index in [1.54, 1.807) is 19.2 Å². The molecule has 9 nitrogen and oxygen atoms in total. The molecule has 1 aromatic heterocycles. The Kier molecular flexibility index (Phi) is 4.95. The number of tetrazole rings is 1. The summed E-state index contributed by atoms with van der Waals surface area (Å²) in [6, 6.07) is 4.87. The number of amides is 1. The van der Waals surface area contributed by atoms with Gasteiger partial charge in [-0.2, -0.15) is 0 Å². The second-order valence-corrected chi connectivity index (χ2v) is 6.36. The molecule has 1 aliphatic rings. The predicted molar refractivity (Wildman–Crippen MR) is 89.6 cm³/mol. The predicted octanol–water partition coefficient (Wildman–Crippen LogP) is 0.205. The van der Waals surface area contributed by atoms with Gasteiger partial charge in [0.2, 0.25) is 0 Å². The number of hydrogen-bond acceptors (Lipinski definition) is 7. The van der Waals surface area contributed by atoms with Crippen molar-refractivity contribution in [3.8, 4) is 11.4 Å². The Morgan fingerprint density at radius 3 is 2.84 bits per heavy atom. The maximum absolute atomic E-state index is 12.7. The minimum Gasteiger partial charge on any atom is -0.507 e. The van der Waals surface area contributed by atoms with Crippen molar-refractivity contribution >= 4 is 5.91 Å². The molecule has 2 aromatic rings. The first-order valence-corrected chi connectivity index (χ1v) is 8.13. The van der Waals surface area contributed by atoms with E-state index in [2.05, 4.69) is 39.6 Å². The summed E-state index contributed by atoms with van der Waals surface area (Å²) in [4.78, 5) is 14.9. The van der Waals surface area contributed by atoms with E-state index in [0.717, 1.165) is 6.54 Å². The van der Waals surface area contributed by atoms with Crippen molar-refractivity contribution in [2.45, 2.75) is 32.0 Å². The summed E-state index contributed by atoms with van der Waals surface area (Å²) in [6.07, 6.45) is 1.34. The molecule has 1 aromatic carbocycles. The highest BCUT2D eigenvalue weighted by molar-refractivity contribution is 5.97. The summed E-state index contributed by atoms with van der Waals surface area (Å²) in [5.74, 6) is -0.452. The van der Waals surface area contributed by atoms with Crippen molar-refractivity contribution in [2.24, 2.45) is 0 Å². The number of rotatable bonds is 5. The fraction of sp³-hybridized carbons (Fsp3) is 0.500. The van der Waals surface area contributed by atoms with Gasteiger partial charge in [-0.05, 0) is 42.5 Å². The van der Waals surface area contributed by atoms with Crippen LogP contribution in [0, 0.1) is 0 Å². The lowest BCUT2D eigenvalue weighted by Crippen LogP contribution is -2.43. The van der Waals surface area contributed by atoms with Crippen LogP contribution in [0.5, 0.6) is 5.75 Å². The Bertz CT molecular complexity index is 733. The molecule has 0 radical (unpaired) electrons. The molecule has 1 saturated heterocycles. The van der Waals surface area contributed by atoms with Crippen molar-refractivity contribution in [2.75, 3.05) is 20.2 Å². The van der Waals surface area contributed by atoms with Crippen LogP contribution in [0.25, 0.3) is 5.69 Å². The Morgan fingerprint density at radius 2 is 2.20 bits per heavy atom. The minimum atomic E-state index is -0.356. The van der Waals surface area contributed by atoms with E-state index in [1.165, 1.54) is 17.1 Å². The number of phenols is 1. The van der Waals surface area contributed by atoms with E-state index in [-0.39, 0.29) is 29.4 Å². The highest BCUT2D eigenvalue weighted by Crippen LogP contribution is 2.22. The Hall–Kier alpha value is -2.52. The Morgan fingerprint density at radius 1 is 1.40 bits per heavy atom. The molecule has 2 atom stereocenters. The summed E-state index contributed by atoms with van der Waals surface area (Å²) in [7, 11) is 1.64. The first-order valence-electron chi connectivity index (χ1n) is 8.13. The number of likely N-dealkylation sites (tertiary alicyclic amines) is 1. The standard InChI is InChI=1S/C16H22N6O3/c1-10(2)21-7-13(15(8-21)25-3)18-16(24)12-6-11(4-5-14(12)23)22-9-17-19-20-22/h4-6,9-10,13,15,23H,7-8H2,1-3H3,(H,18,24)/t13-,15-/m1/s1. The van der Waals surface area contributed by atoms with Crippen LogP contribution in [0.15, 0.2) is 24.5 Å². The van der Waals surface area contributed by atoms with Crippen molar-refractivity contribution in [1.82, 2.24) is 30.4 Å². The molecule has 3 rings (SSSR count). The average Bonchev–Trinajstić information content (AvgIpc) is 3.24. The molecule has 0 spiro atoms. The number of nitrogens with zero attached hydrogens (tertiary/aromatic N) is 5. The highest BCUT2D eigenvalue weighted by atomic mass is 16.5. The van der Waals surface area contributed by atoms with Crippen LogP contribution in [0.1, 0.15) is 24.2 Å². The number of phenolic OH excluding ortho intramolecular Hbond substituents is 1. The van der Waals surface area contributed by atoms with Gasteiger partial charge >= 0.3 is 0 Å². The van der Waals surface area contributed by atoms with Crippen LogP contribution in [-0.2, 0) is 4.74 Å². The first-order chi connectivity index (χ1) is 12.0. The molecule has 1 fully saturated rings. The summed E-state index contributed by atoms with van der Waals surface area (Å²) < 4.78 is 6.93. The molecule has 0 bridgehead atoms. The van der Waals surface area contributed by atoms with Gasteiger partial charge < -0.3 is 15.2 Å². The van der Waals surface area contributed by atoms with Crippen molar-refractivity contribution in [3.05, 3.63) is 30.1 Å². The Labute approximate surface area is 145 Å². The van der Waals surface area contributed by atoms with Gasteiger partial charge in [-0.25, -0.2) is 4.68 Å². The van der Waals surface area contributed by atoms with Crippen LogP contribution in [0.2, 0.25) is 0 Å². The third-order valence-electron chi connectivity index (χ3n) is 4.48. The number of aromatic hydroxyl groups is 1. The smallest absolute Gasteiger partial charge is 0.255 e. The van der Waals surface area contributed by atoms with Gasteiger partial charge in [0.1, 0.15) is 12.1 Å². The van der Waals surface area contributed by atoms with Gasteiger partial charge in [0.15, 0.2) is 0 Å². The lowest BCUT2D eigenvalue weighted by Gasteiger charge is -2.20. The third-order valence-corrected chi connectivity index (χ3v) is 4.48. The molecule has 1 aliphatic heterocycles. The summed E-state index contributed by atoms with van der Waals surface area (Å²) >= 11 is 0. The van der Waals surface area contributed by atoms with Crippen LogP contribution >= 0.6 is 0 Å². The van der Waals surface area contributed by atoms with E-state index < -0.39 is 0 Å². The number of ether oxygens (including phenoxy) is 1. The van der Waals surface area contributed by atoms with Crippen LogP contribution in [0.3, 0.4) is 0 Å². The van der Waals surface area contributed by atoms with Crippen LogP contribution in [-0.4, -0.2) is 74.5 Å². The number of benzene rings is 1. The van der Waals surface area contributed by atoms with E-state index in [9.17, 15) is 9.90 Å². The lowest BCUT2D eigenvalue weighted by atomic mass is 10.1. The van der Waals surface area contributed by atoms with Gasteiger partial charge in [0.25, 0.3) is 5.91 Å². The number of nitrogens with one attached hydrogen (secondary N) is 1. The molecule has 0 saturated carbocycles. The quantitative estimate of drug-likeness (QED) is 0.797. The topological polar surface area (TPSA) is 105 Å². The van der Waals surface area contributed by atoms with Gasteiger partial charge in [0, 0.05) is 26.2 Å². The normalized spacial score (nSPS) is 21.0. The fourth-order valence-corrected chi connectivity index (χ4v) is 2.98. The first kappa shape index (κ1) is 17.3. The SMILES string of the molecule is CO[C@@H]1CN(C(C)C)C[C@H]1NC(=O)c1cc(-n2cnnn2)ccc1O. The zero-order chi connectivity index (χ0) is 18.0. The number of aromatic nitrogens is 4. The monoisotopic (exact) mass is 346 g/mol. The molecule has 2 heterocycles. The second-order valence-electron chi connectivity index (χ2n) is 6.36. The van der Waals surface area contributed by atoms with E-state index in [1.807, 2.05) is 0 Å². The maximum Gasteiger partial charge on any atom is 0.255 e. The fourth-order valence-electron chi connectivity index (χ4n) is 2.98. The number of carbonyl (C=O) groups is 1. The van der Waals surface area contributed by atoms with Gasteiger partial charge in [-0.15, -0.1) is 5.10 Å². The van der Waals surface area contributed by atoms with Crippen molar-refractivity contribution < 1.29 is 14.6 Å². The largest absolute Gasteiger partial charge is 0.507 e. The van der Waals surface area contributed by atoms with Crippen molar-refractivity contribution in [3.63, 3.8) is 0 Å². The summed E-state index contributed by atoms with van der Waals surface area (Å²) in [5.41, 5.74) is 0.761. The average molecular weight is 346 g/mol. The minimum absolute atomic E-state index is 0.0869. The lowest BCUT2D eigenvalue weighted by molar-refractivity contribution is 0.0751. The number of hydrogen-bond donors (Lipinski definition) is 2. The zero-order valence-corrected chi connectivity index (χ0v) is 14.5. The van der Waals surface area contributed by atoms with Crippen LogP contribution < -0.4 is 5.32 Å². The molecule has 0 aliphatic carbocycles. The number of carbonyl (C=O) groups excluding carboxylic acids is 1. The highest BCUT2D eigenvalue weighted by Gasteiger charge is 2.35. The summed E-state index contributed by atoms with van der Waals surface area (Å²) in [6.45, 7) is 5.68. The van der Waals surface area contributed by atoms with Crippen molar-refractivity contribution in [1.29, 1.82) is 0 Å². The van der Waals surface area contributed by atoms with Gasteiger partial charge in [0.05, 0.1) is 23.4 Å². The van der Waals surface area contributed by atoms with Crippen LogP contribution in [0.4, 0.5) is 0 Å². The molecule has 2 N–H and O–H groups in total. The second kappa shape index (κ2) is 7.16. The zero-order valence-electron chi connectivity index (χ0n) is 14.5. The Balaban J connectivity index is 1.78. The molecular weight excluding hydrogens is 324 g/mol. The molecular formula is C16H22N6O3. The molecule has 134 valence electrons. The molecule has 1 amide bonds. The number of methoxy groups -OCH3 is 1. The maximum atomic E-state index is 12.7. The van der Waals surface area contributed by atoms with E-state index in [0.29, 0.717) is 18.3 Å². The molecule has 25 heavy (non-hydrogen) atoms. The van der Waals surface area contributed by atoms with Gasteiger partial charge in [-0.1, -0.05) is 0 Å². The third kappa shape index (κ3) is 3.62. The van der Waals surface area contributed by atoms with E-state index >= 15 is 0 Å². The van der Waals surface area contributed by atoms with Gasteiger partial charge in [-0.3, -0.25) is 9.69 Å². The van der Waals surface area contributed by atoms with E-state index in [4.69, 9.17) is 4.74 Å².